The van der Waals surface area contributed by atoms with Gasteiger partial charge in [-0.25, -0.2) is 0 Å². The van der Waals surface area contributed by atoms with E-state index in [1.807, 2.05) is 0 Å². The number of hydrogen-bond donors (Lipinski definition) is 2. The summed E-state index contributed by atoms with van der Waals surface area (Å²) in [7, 11) is 0. The third-order valence-electron chi connectivity index (χ3n) is 3.54. The Morgan fingerprint density at radius 1 is 1.43 bits per heavy atom. The number of alkyl halides is 3. The molecule has 116 valence electrons. The molecule has 2 unspecified atom stereocenters. The summed E-state index contributed by atoms with van der Waals surface area (Å²) in [4.78, 5) is 12.1. The molecule has 2 N–H and O–H groups in total. The van der Waals surface area contributed by atoms with Gasteiger partial charge in [0.15, 0.2) is 0 Å². The Hall–Kier alpha value is -1.27. The molecule has 1 amide bonds. The number of carbonyl (C=O) groups excluding carboxylic acids is 1. The zero-order chi connectivity index (χ0) is 15.6. The van der Waals surface area contributed by atoms with Crippen LogP contribution in [0.5, 0.6) is 0 Å². The highest BCUT2D eigenvalue weighted by atomic mass is 35.5. The molecule has 1 heterocycles. The van der Waals surface area contributed by atoms with Crippen LogP contribution in [0.4, 0.5) is 18.9 Å². The maximum Gasteiger partial charge on any atom is 0.416 e. The summed E-state index contributed by atoms with van der Waals surface area (Å²) >= 11 is 5.81. The van der Waals surface area contributed by atoms with Crippen molar-refractivity contribution in [3.63, 3.8) is 0 Å². The zero-order valence-electron chi connectivity index (χ0n) is 11.4. The van der Waals surface area contributed by atoms with E-state index in [9.17, 15) is 18.0 Å². The van der Waals surface area contributed by atoms with Crippen LogP contribution < -0.4 is 10.6 Å². The van der Waals surface area contributed by atoms with Crippen molar-refractivity contribution in [2.75, 3.05) is 11.9 Å². The van der Waals surface area contributed by atoms with Crippen molar-refractivity contribution in [2.24, 2.45) is 5.92 Å². The van der Waals surface area contributed by atoms with Gasteiger partial charge in [-0.15, -0.1) is 0 Å². The first-order valence-electron chi connectivity index (χ1n) is 6.68. The minimum absolute atomic E-state index is 0.123. The molecule has 1 aliphatic heterocycles. The van der Waals surface area contributed by atoms with Crippen molar-refractivity contribution in [1.29, 1.82) is 0 Å². The Morgan fingerprint density at radius 3 is 2.71 bits per heavy atom. The minimum Gasteiger partial charge on any atom is -0.323 e. The summed E-state index contributed by atoms with van der Waals surface area (Å²) in [5.74, 6) is 0.160. The number of anilines is 1. The molecule has 1 aliphatic rings. The van der Waals surface area contributed by atoms with E-state index in [0.29, 0.717) is 12.3 Å². The molecule has 1 aromatic carbocycles. The van der Waals surface area contributed by atoms with Gasteiger partial charge in [-0.3, -0.25) is 4.79 Å². The zero-order valence-corrected chi connectivity index (χ0v) is 12.2. The third kappa shape index (κ3) is 4.11. The van der Waals surface area contributed by atoms with Gasteiger partial charge >= 0.3 is 6.18 Å². The lowest BCUT2D eigenvalue weighted by atomic mass is 9.94. The van der Waals surface area contributed by atoms with Crippen LogP contribution in [0.25, 0.3) is 0 Å². The number of carbonyl (C=O) groups is 1. The molecule has 7 heteroatoms. The predicted octanol–water partition coefficient (Wildman–Crippen LogP) is 3.69. The highest BCUT2D eigenvalue weighted by Crippen LogP contribution is 2.33. The van der Waals surface area contributed by atoms with E-state index in [4.69, 9.17) is 11.6 Å². The molecule has 0 radical (unpaired) electrons. The molecule has 0 spiro atoms. The Bertz CT molecular complexity index is 533. The topological polar surface area (TPSA) is 41.1 Å². The first-order valence-corrected chi connectivity index (χ1v) is 7.06. The van der Waals surface area contributed by atoms with Gasteiger partial charge in [0.1, 0.15) is 0 Å². The molecule has 0 saturated carbocycles. The molecule has 2 atom stereocenters. The number of amides is 1. The number of halogens is 4. The second-order valence-electron chi connectivity index (χ2n) is 5.32. The van der Waals surface area contributed by atoms with Crippen LogP contribution in [0, 0.1) is 5.92 Å². The molecule has 0 aliphatic carbocycles. The van der Waals surface area contributed by atoms with Crippen molar-refractivity contribution in [2.45, 2.75) is 32.0 Å². The van der Waals surface area contributed by atoms with Crippen LogP contribution >= 0.6 is 11.6 Å². The lowest BCUT2D eigenvalue weighted by molar-refractivity contribution is -0.137. The first kappa shape index (κ1) is 16.1. The fourth-order valence-electron chi connectivity index (χ4n) is 2.32. The van der Waals surface area contributed by atoms with Crippen LogP contribution in [-0.4, -0.2) is 18.5 Å². The normalized spacial score (nSPS) is 22.9. The molecule has 3 nitrogen and oxygen atoms in total. The molecule has 1 saturated heterocycles. The van der Waals surface area contributed by atoms with Gasteiger partial charge in [0.25, 0.3) is 0 Å². The van der Waals surface area contributed by atoms with E-state index in [-0.39, 0.29) is 22.7 Å². The van der Waals surface area contributed by atoms with E-state index in [0.717, 1.165) is 25.1 Å². The predicted molar refractivity (Wildman–Crippen MR) is 75.3 cm³/mol. The summed E-state index contributed by atoms with van der Waals surface area (Å²) < 4.78 is 37.6. The van der Waals surface area contributed by atoms with Gasteiger partial charge in [-0.1, -0.05) is 18.5 Å². The van der Waals surface area contributed by atoms with E-state index in [1.165, 1.54) is 6.07 Å². The van der Waals surface area contributed by atoms with Crippen LogP contribution in [0.1, 0.15) is 25.3 Å². The second-order valence-corrected chi connectivity index (χ2v) is 5.73. The van der Waals surface area contributed by atoms with Crippen molar-refractivity contribution < 1.29 is 18.0 Å². The van der Waals surface area contributed by atoms with E-state index >= 15 is 0 Å². The fraction of sp³-hybridized carbons (Fsp3) is 0.500. The Labute approximate surface area is 125 Å². The highest BCUT2D eigenvalue weighted by Gasteiger charge is 2.31. The SMILES string of the molecule is CC1CCNC(C(=O)Nc2ccc(C(F)(F)F)cc2Cl)C1. The summed E-state index contributed by atoms with van der Waals surface area (Å²) in [6.07, 6.45) is -2.75. The van der Waals surface area contributed by atoms with Crippen molar-refractivity contribution in [3.05, 3.63) is 28.8 Å². The monoisotopic (exact) mass is 320 g/mol. The number of piperidine rings is 1. The van der Waals surface area contributed by atoms with Gasteiger partial charge in [-0.2, -0.15) is 13.2 Å². The molecule has 21 heavy (non-hydrogen) atoms. The van der Waals surface area contributed by atoms with Crippen molar-refractivity contribution in [1.82, 2.24) is 5.32 Å². The molecule has 0 aromatic heterocycles. The lowest BCUT2D eigenvalue weighted by Crippen LogP contribution is -2.45. The molecule has 2 rings (SSSR count). The van der Waals surface area contributed by atoms with Crippen molar-refractivity contribution >= 4 is 23.2 Å². The summed E-state index contributed by atoms with van der Waals surface area (Å²) in [6.45, 7) is 2.81. The van der Waals surface area contributed by atoms with Gasteiger partial charge in [0.2, 0.25) is 5.91 Å². The lowest BCUT2D eigenvalue weighted by Gasteiger charge is -2.27. The largest absolute Gasteiger partial charge is 0.416 e. The second kappa shape index (κ2) is 6.23. The summed E-state index contributed by atoms with van der Waals surface area (Å²) in [5.41, 5.74) is -0.649. The smallest absolute Gasteiger partial charge is 0.323 e. The maximum atomic E-state index is 12.5. The number of rotatable bonds is 2. The third-order valence-corrected chi connectivity index (χ3v) is 3.85. The van der Waals surface area contributed by atoms with E-state index in [1.54, 1.807) is 0 Å². The summed E-state index contributed by atoms with van der Waals surface area (Å²) in [5, 5.41) is 5.54. The van der Waals surface area contributed by atoms with Gasteiger partial charge < -0.3 is 10.6 Å². The van der Waals surface area contributed by atoms with Gasteiger partial charge in [0, 0.05) is 0 Å². The number of hydrogen-bond acceptors (Lipinski definition) is 2. The minimum atomic E-state index is -4.45. The highest BCUT2D eigenvalue weighted by molar-refractivity contribution is 6.33. The standard InChI is InChI=1S/C14H16ClF3N2O/c1-8-4-5-19-12(6-8)13(21)20-11-3-2-9(7-10(11)15)14(16,17)18/h2-3,7-8,12,19H,4-6H2,1H3,(H,20,21). The van der Waals surface area contributed by atoms with Gasteiger partial charge in [-0.05, 0) is 43.5 Å². The van der Waals surface area contributed by atoms with Crippen LogP contribution in [0.3, 0.4) is 0 Å². The fourth-order valence-corrected chi connectivity index (χ4v) is 2.55. The molecule has 1 fully saturated rings. The van der Waals surface area contributed by atoms with Crippen LogP contribution in [0.2, 0.25) is 5.02 Å². The quantitative estimate of drug-likeness (QED) is 0.872. The van der Waals surface area contributed by atoms with Crippen LogP contribution in [-0.2, 0) is 11.0 Å². The molecule has 1 aromatic rings. The Balaban J connectivity index is 2.07. The first-order chi connectivity index (χ1) is 9.77. The molecule has 0 bridgehead atoms. The average molecular weight is 321 g/mol. The maximum absolute atomic E-state index is 12.5. The van der Waals surface area contributed by atoms with E-state index < -0.39 is 11.7 Å². The average Bonchev–Trinajstić information content (AvgIpc) is 2.39. The van der Waals surface area contributed by atoms with Gasteiger partial charge in [0.05, 0.1) is 22.3 Å². The molecular weight excluding hydrogens is 305 g/mol. The van der Waals surface area contributed by atoms with E-state index in [2.05, 4.69) is 17.6 Å². The van der Waals surface area contributed by atoms with Crippen molar-refractivity contribution in [3.8, 4) is 0 Å². The Morgan fingerprint density at radius 2 is 2.14 bits per heavy atom. The number of benzene rings is 1. The number of nitrogens with one attached hydrogen (secondary N) is 2. The van der Waals surface area contributed by atoms with Crippen LogP contribution in [0.15, 0.2) is 18.2 Å². The molecular formula is C14H16ClF3N2O. The Kier molecular flexibility index (Phi) is 4.78. The summed E-state index contributed by atoms with van der Waals surface area (Å²) in [6, 6.07) is 2.55.